The number of aliphatic hydroxyl groups excluding tert-OH is 4. The van der Waals surface area contributed by atoms with Gasteiger partial charge in [0.2, 0.25) is 0 Å². The standard InChI is InChI=1S/C12H15N3O7.Na.2H2O/c16-7(8(17)9(18)10(19)12(21)22)5-14-15-11(20)6-1-3-13-4-2-6;;;/h1-5,7-10,16-19H,(H,15,20)(H,21,22);;2*1H2/q;+1;;/p-1/b14-5+;;;/t7-,8+,9-,10-;;;/m0.../s1. The molecule has 25 heavy (non-hydrogen) atoms. The number of carboxylic acids is 1. The number of carbonyl (C=O) groups is 2. The van der Waals surface area contributed by atoms with Gasteiger partial charge in [-0.15, -0.1) is 0 Å². The quantitative estimate of drug-likeness (QED) is 0.175. The molecule has 136 valence electrons. The molecule has 0 saturated carbocycles. The molecule has 1 aromatic heterocycles. The number of hydrogen-bond acceptors (Lipinski definition) is 9. The fraction of sp³-hybridized carbons (Fsp3) is 0.333. The second-order valence-corrected chi connectivity index (χ2v) is 4.19. The minimum Gasteiger partial charge on any atom is -0.547 e. The van der Waals surface area contributed by atoms with E-state index in [9.17, 15) is 30.0 Å². The number of aliphatic carboxylic acids is 1. The van der Waals surface area contributed by atoms with Crippen molar-refractivity contribution in [1.82, 2.24) is 10.4 Å². The molecule has 0 aliphatic heterocycles. The number of hydrazone groups is 1. The molecule has 0 radical (unpaired) electrons. The largest absolute Gasteiger partial charge is 1.00 e. The van der Waals surface area contributed by atoms with Gasteiger partial charge in [-0.2, -0.15) is 5.10 Å². The summed E-state index contributed by atoms with van der Waals surface area (Å²) in [6.45, 7) is 0. The van der Waals surface area contributed by atoms with Gasteiger partial charge in [-0.1, -0.05) is 0 Å². The van der Waals surface area contributed by atoms with Gasteiger partial charge in [0.15, 0.2) is 0 Å². The van der Waals surface area contributed by atoms with E-state index in [1.807, 2.05) is 5.43 Å². The summed E-state index contributed by atoms with van der Waals surface area (Å²) >= 11 is 0. The first-order valence-electron chi connectivity index (χ1n) is 6.01. The van der Waals surface area contributed by atoms with Crippen molar-refractivity contribution in [2.45, 2.75) is 24.4 Å². The predicted molar refractivity (Wildman–Crippen MR) is 76.5 cm³/mol. The number of aromatic nitrogens is 1. The summed E-state index contributed by atoms with van der Waals surface area (Å²) in [6, 6.07) is 2.83. The van der Waals surface area contributed by atoms with Crippen LogP contribution in [0.4, 0.5) is 0 Å². The van der Waals surface area contributed by atoms with Gasteiger partial charge in [0.1, 0.15) is 24.4 Å². The first-order chi connectivity index (χ1) is 10.3. The zero-order valence-electron chi connectivity index (χ0n) is 13.1. The minimum absolute atomic E-state index is 0. The number of aliphatic hydroxyl groups is 4. The van der Waals surface area contributed by atoms with E-state index in [-0.39, 0.29) is 46.1 Å². The van der Waals surface area contributed by atoms with Crippen molar-refractivity contribution < 1.29 is 75.6 Å². The number of nitrogens with one attached hydrogen (secondary N) is 1. The Morgan fingerprint density at radius 3 is 2.12 bits per heavy atom. The van der Waals surface area contributed by atoms with Crippen molar-refractivity contribution in [3.8, 4) is 0 Å². The Balaban J connectivity index is -0.00000161. The van der Waals surface area contributed by atoms with Crippen LogP contribution < -0.4 is 40.1 Å². The van der Waals surface area contributed by atoms with Gasteiger partial charge in [0, 0.05) is 18.0 Å². The first kappa shape index (κ1) is 28.3. The number of carboxylic acid groups (broad SMARTS) is 1. The molecular formula is C12H18N3NaO9. The minimum atomic E-state index is -2.38. The molecule has 0 spiro atoms. The molecule has 1 heterocycles. The molecule has 0 aliphatic carbocycles. The number of nitrogens with zero attached hydrogens (tertiary/aromatic N) is 2. The van der Waals surface area contributed by atoms with E-state index in [2.05, 4.69) is 10.1 Å². The summed E-state index contributed by atoms with van der Waals surface area (Å²) in [5.74, 6) is -2.63. The maximum absolute atomic E-state index is 11.6. The van der Waals surface area contributed by atoms with Crippen LogP contribution in [0.15, 0.2) is 29.6 Å². The van der Waals surface area contributed by atoms with Crippen molar-refractivity contribution in [3.05, 3.63) is 30.1 Å². The maximum Gasteiger partial charge on any atom is 1.00 e. The van der Waals surface area contributed by atoms with Crippen LogP contribution in [0, 0.1) is 0 Å². The molecule has 1 aromatic rings. The fourth-order valence-electron chi connectivity index (χ4n) is 1.36. The number of rotatable bonds is 7. The Morgan fingerprint density at radius 1 is 1.12 bits per heavy atom. The third kappa shape index (κ3) is 8.97. The molecule has 0 saturated heterocycles. The Bertz CT molecular complexity index is 546. The van der Waals surface area contributed by atoms with Crippen molar-refractivity contribution in [2.75, 3.05) is 0 Å². The van der Waals surface area contributed by atoms with Gasteiger partial charge in [-0.3, -0.25) is 9.78 Å². The molecule has 0 fully saturated rings. The summed E-state index contributed by atoms with van der Waals surface area (Å²) in [5, 5.41) is 50.8. The van der Waals surface area contributed by atoms with Crippen molar-refractivity contribution in [2.24, 2.45) is 5.10 Å². The average Bonchev–Trinajstić information content (AvgIpc) is 2.53. The smallest absolute Gasteiger partial charge is 0.547 e. The number of amides is 1. The molecule has 4 atom stereocenters. The monoisotopic (exact) mass is 371 g/mol. The van der Waals surface area contributed by atoms with Gasteiger partial charge < -0.3 is 41.3 Å². The van der Waals surface area contributed by atoms with E-state index >= 15 is 0 Å². The Labute approximate surface area is 163 Å². The van der Waals surface area contributed by atoms with E-state index in [1.54, 1.807) is 0 Å². The number of pyridine rings is 1. The Hall–Kier alpha value is -1.48. The van der Waals surface area contributed by atoms with Crippen LogP contribution in [-0.2, 0) is 4.79 Å². The van der Waals surface area contributed by atoms with Crippen molar-refractivity contribution in [3.63, 3.8) is 0 Å². The van der Waals surface area contributed by atoms with Gasteiger partial charge in [-0.25, -0.2) is 5.43 Å². The van der Waals surface area contributed by atoms with Gasteiger partial charge >= 0.3 is 29.6 Å². The average molecular weight is 371 g/mol. The van der Waals surface area contributed by atoms with Gasteiger partial charge in [0.05, 0.1) is 12.2 Å². The fourth-order valence-corrected chi connectivity index (χ4v) is 1.36. The van der Waals surface area contributed by atoms with Crippen molar-refractivity contribution >= 4 is 18.1 Å². The summed E-state index contributed by atoms with van der Waals surface area (Å²) in [4.78, 5) is 25.6. The molecule has 0 aromatic carbocycles. The molecule has 1 rings (SSSR count). The third-order valence-corrected chi connectivity index (χ3v) is 2.60. The molecule has 1 amide bonds. The Kier molecular flexibility index (Phi) is 15.6. The predicted octanol–water partition coefficient (Wildman–Crippen LogP) is -8.65. The van der Waals surface area contributed by atoms with Crippen LogP contribution in [0.25, 0.3) is 0 Å². The summed E-state index contributed by atoms with van der Waals surface area (Å²) in [5.41, 5.74) is 2.28. The summed E-state index contributed by atoms with van der Waals surface area (Å²) < 4.78 is 0. The summed E-state index contributed by atoms with van der Waals surface area (Å²) in [7, 11) is 0. The Morgan fingerprint density at radius 2 is 1.64 bits per heavy atom. The van der Waals surface area contributed by atoms with Gasteiger partial charge in [-0.05, 0) is 12.1 Å². The molecule has 12 nitrogen and oxygen atoms in total. The molecule has 13 heteroatoms. The second kappa shape index (κ2) is 13.8. The second-order valence-electron chi connectivity index (χ2n) is 4.19. The van der Waals surface area contributed by atoms with E-state index in [1.165, 1.54) is 24.5 Å². The number of carbonyl (C=O) groups excluding carboxylic acids is 2. The van der Waals surface area contributed by atoms with E-state index < -0.39 is 36.3 Å². The zero-order chi connectivity index (χ0) is 16.7. The first-order valence-corrected chi connectivity index (χ1v) is 6.01. The molecule has 0 aliphatic rings. The summed E-state index contributed by atoms with van der Waals surface area (Å²) in [6.07, 6.45) is -5.03. The normalized spacial score (nSPS) is 14.7. The van der Waals surface area contributed by atoms with Gasteiger partial charge in [0.25, 0.3) is 5.91 Å². The van der Waals surface area contributed by atoms with Crippen LogP contribution in [-0.4, -0.2) is 78.9 Å². The zero-order valence-corrected chi connectivity index (χ0v) is 15.1. The van der Waals surface area contributed by atoms with Crippen LogP contribution in [0.3, 0.4) is 0 Å². The van der Waals surface area contributed by atoms with E-state index in [0.717, 1.165) is 0 Å². The van der Waals surface area contributed by atoms with Crippen molar-refractivity contribution in [1.29, 1.82) is 0 Å². The third-order valence-electron chi connectivity index (χ3n) is 2.60. The van der Waals surface area contributed by atoms with Crippen LogP contribution in [0.1, 0.15) is 10.4 Å². The van der Waals surface area contributed by atoms with Crippen LogP contribution in [0.2, 0.25) is 0 Å². The SMILES string of the molecule is O.O.O=C(N/N=C/[C@H](O)[C@@H](O)[C@H](O)[C@H](O)C(=O)[O-])c1ccncc1.[Na+]. The topological polar surface area (TPSA) is 238 Å². The molecule has 0 bridgehead atoms. The molecule has 9 N–H and O–H groups in total. The molecule has 0 unspecified atom stereocenters. The van der Waals surface area contributed by atoms with E-state index in [4.69, 9.17) is 5.11 Å². The van der Waals surface area contributed by atoms with Crippen LogP contribution >= 0.6 is 0 Å². The number of hydrogen-bond donors (Lipinski definition) is 5. The molecular weight excluding hydrogens is 353 g/mol. The van der Waals surface area contributed by atoms with E-state index in [0.29, 0.717) is 6.21 Å². The maximum atomic E-state index is 11.6. The van der Waals surface area contributed by atoms with Crippen LogP contribution in [0.5, 0.6) is 0 Å².